The molecule has 0 saturated carbocycles. The lowest BCUT2D eigenvalue weighted by atomic mass is 10.1. The molecule has 0 saturated heterocycles. The predicted molar refractivity (Wildman–Crippen MR) is 93.4 cm³/mol. The van der Waals surface area contributed by atoms with Crippen LogP contribution < -0.4 is 0 Å². The monoisotopic (exact) mass is 371 g/mol. The van der Waals surface area contributed by atoms with Crippen molar-refractivity contribution in [3.8, 4) is 11.3 Å². The number of hydrogen-bond acceptors (Lipinski definition) is 2. The molecule has 0 unspecified atom stereocenters. The van der Waals surface area contributed by atoms with Gasteiger partial charge in [0.15, 0.2) is 5.65 Å². The summed E-state index contributed by atoms with van der Waals surface area (Å²) in [7, 11) is 0. The Morgan fingerprint density at radius 1 is 1.05 bits per heavy atom. The lowest BCUT2D eigenvalue weighted by Crippen LogP contribution is -1.95. The summed E-state index contributed by atoms with van der Waals surface area (Å²) in [6, 6.07) is 16.0. The van der Waals surface area contributed by atoms with E-state index in [-0.39, 0.29) is 0 Å². The van der Waals surface area contributed by atoms with Gasteiger partial charge in [0.1, 0.15) is 16.7 Å². The van der Waals surface area contributed by atoms with Crippen molar-refractivity contribution in [2.24, 2.45) is 0 Å². The molecule has 2 heterocycles. The Hall–Kier alpha value is -1.91. The van der Waals surface area contributed by atoms with Gasteiger partial charge in [0.25, 0.3) is 0 Å². The average molecular weight is 373 g/mol. The van der Waals surface area contributed by atoms with Crippen LogP contribution >= 0.6 is 27.5 Å². The number of imidazole rings is 1. The highest BCUT2D eigenvalue weighted by molar-refractivity contribution is 9.10. The number of fused-ring (bicyclic) bond motifs is 3. The van der Waals surface area contributed by atoms with E-state index < -0.39 is 0 Å². The molecule has 0 aliphatic heterocycles. The molecule has 0 aliphatic carbocycles. The summed E-state index contributed by atoms with van der Waals surface area (Å²) in [5.41, 5.74) is 3.67. The number of benzene rings is 2. The van der Waals surface area contributed by atoms with Crippen LogP contribution in [0.4, 0.5) is 0 Å². The molecule has 0 spiro atoms. The van der Waals surface area contributed by atoms with Crippen molar-refractivity contribution in [2.75, 3.05) is 0 Å². The van der Waals surface area contributed by atoms with Crippen molar-refractivity contribution in [2.45, 2.75) is 6.92 Å². The molecule has 3 nitrogen and oxygen atoms in total. The van der Waals surface area contributed by atoms with Crippen LogP contribution in [0.2, 0.25) is 5.15 Å². The van der Waals surface area contributed by atoms with E-state index in [0.717, 1.165) is 38.1 Å². The fraction of sp³-hybridized carbons (Fsp3) is 0.0588. The van der Waals surface area contributed by atoms with Crippen LogP contribution in [-0.2, 0) is 0 Å². The van der Waals surface area contributed by atoms with E-state index in [1.54, 1.807) is 0 Å². The topological polar surface area (TPSA) is 30.2 Å². The van der Waals surface area contributed by atoms with Crippen LogP contribution in [0.25, 0.3) is 27.8 Å². The molecule has 5 heteroatoms. The van der Waals surface area contributed by atoms with E-state index in [1.807, 2.05) is 55.5 Å². The summed E-state index contributed by atoms with van der Waals surface area (Å²) in [5.74, 6) is 0.894. The largest absolute Gasteiger partial charge is 0.280 e. The molecule has 0 amide bonds. The number of rotatable bonds is 1. The van der Waals surface area contributed by atoms with Gasteiger partial charge in [-0.25, -0.2) is 9.97 Å². The zero-order valence-corrected chi connectivity index (χ0v) is 14.1. The molecule has 0 N–H and O–H groups in total. The quantitative estimate of drug-likeness (QED) is 0.426. The third-order valence-corrected chi connectivity index (χ3v) is 4.48. The van der Waals surface area contributed by atoms with E-state index in [0.29, 0.717) is 5.15 Å². The highest BCUT2D eigenvalue weighted by atomic mass is 79.9. The third kappa shape index (κ3) is 2.02. The highest BCUT2D eigenvalue weighted by Crippen LogP contribution is 2.31. The number of nitrogens with zero attached hydrogens (tertiary/aromatic N) is 3. The Morgan fingerprint density at radius 3 is 2.59 bits per heavy atom. The second kappa shape index (κ2) is 5.07. The first-order valence-electron chi connectivity index (χ1n) is 6.84. The summed E-state index contributed by atoms with van der Waals surface area (Å²) in [5, 5.41) is 1.39. The van der Waals surface area contributed by atoms with Gasteiger partial charge in [-0.05, 0) is 25.1 Å². The Morgan fingerprint density at radius 2 is 1.82 bits per heavy atom. The fourth-order valence-corrected chi connectivity index (χ4v) is 3.32. The molecule has 4 rings (SSSR count). The minimum Gasteiger partial charge on any atom is -0.280 e. The second-order valence-corrected chi connectivity index (χ2v) is 6.37. The molecule has 0 bridgehead atoms. The van der Waals surface area contributed by atoms with Crippen LogP contribution in [0.1, 0.15) is 5.82 Å². The molecule has 108 valence electrons. The highest BCUT2D eigenvalue weighted by Gasteiger charge is 2.16. The van der Waals surface area contributed by atoms with Crippen LogP contribution in [0.15, 0.2) is 53.0 Å². The van der Waals surface area contributed by atoms with Gasteiger partial charge in [0.05, 0.1) is 5.52 Å². The maximum Gasteiger partial charge on any atom is 0.167 e. The molecule has 0 radical (unpaired) electrons. The van der Waals surface area contributed by atoms with E-state index in [9.17, 15) is 0 Å². The van der Waals surface area contributed by atoms with Gasteiger partial charge in [-0.2, -0.15) is 0 Å². The third-order valence-electron chi connectivity index (χ3n) is 3.69. The minimum atomic E-state index is 0.487. The van der Waals surface area contributed by atoms with Crippen molar-refractivity contribution in [3.05, 3.63) is 64.0 Å². The van der Waals surface area contributed by atoms with Crippen LogP contribution in [0.3, 0.4) is 0 Å². The Bertz CT molecular complexity index is 1010. The van der Waals surface area contributed by atoms with Crippen LogP contribution in [0.5, 0.6) is 0 Å². The molecule has 4 aromatic rings. The molecule has 0 atom stereocenters. The van der Waals surface area contributed by atoms with Crippen molar-refractivity contribution in [1.29, 1.82) is 0 Å². The number of aryl methyl sites for hydroxylation is 1. The summed E-state index contributed by atoms with van der Waals surface area (Å²) < 4.78 is 3.03. The number of aromatic nitrogens is 3. The summed E-state index contributed by atoms with van der Waals surface area (Å²) in [6.07, 6.45) is 0. The summed E-state index contributed by atoms with van der Waals surface area (Å²) in [4.78, 5) is 9.29. The Balaban J connectivity index is 2.16. The number of hydrogen-bond donors (Lipinski definition) is 0. The Kier molecular flexibility index (Phi) is 3.17. The zero-order valence-electron chi connectivity index (χ0n) is 11.7. The lowest BCUT2D eigenvalue weighted by Gasteiger charge is -2.06. The minimum absolute atomic E-state index is 0.487. The first-order valence-corrected chi connectivity index (χ1v) is 8.01. The molecular formula is C17H11BrClN3. The normalized spacial score (nSPS) is 11.4. The maximum atomic E-state index is 6.40. The molecular weight excluding hydrogens is 362 g/mol. The van der Waals surface area contributed by atoms with E-state index in [2.05, 4.69) is 25.3 Å². The van der Waals surface area contributed by atoms with Crippen molar-refractivity contribution >= 4 is 44.1 Å². The van der Waals surface area contributed by atoms with Crippen LogP contribution in [0, 0.1) is 6.92 Å². The van der Waals surface area contributed by atoms with E-state index in [1.165, 1.54) is 0 Å². The van der Waals surface area contributed by atoms with Crippen molar-refractivity contribution < 1.29 is 0 Å². The van der Waals surface area contributed by atoms with Gasteiger partial charge in [0, 0.05) is 15.4 Å². The Labute approximate surface area is 140 Å². The summed E-state index contributed by atoms with van der Waals surface area (Å²) >= 11 is 9.88. The molecule has 2 aromatic heterocycles. The van der Waals surface area contributed by atoms with Gasteiger partial charge in [-0.1, -0.05) is 57.9 Å². The maximum absolute atomic E-state index is 6.40. The van der Waals surface area contributed by atoms with Gasteiger partial charge in [-0.15, -0.1) is 0 Å². The SMILES string of the molecule is Cc1nc(-c2ccccc2)c2nc(Cl)c3cc(Br)ccc3n12. The zero-order chi connectivity index (χ0) is 15.3. The predicted octanol–water partition coefficient (Wildman–Crippen LogP) is 5.27. The molecule has 22 heavy (non-hydrogen) atoms. The molecule has 0 aliphatic rings. The van der Waals surface area contributed by atoms with Crippen molar-refractivity contribution in [1.82, 2.24) is 14.4 Å². The van der Waals surface area contributed by atoms with E-state index >= 15 is 0 Å². The van der Waals surface area contributed by atoms with Gasteiger partial charge >= 0.3 is 0 Å². The second-order valence-electron chi connectivity index (χ2n) is 5.10. The summed E-state index contributed by atoms with van der Waals surface area (Å²) in [6.45, 7) is 1.98. The van der Waals surface area contributed by atoms with Gasteiger partial charge in [-0.3, -0.25) is 4.40 Å². The fourth-order valence-electron chi connectivity index (χ4n) is 2.72. The standard InChI is InChI=1S/C17H11BrClN3/c1-10-20-15(11-5-3-2-4-6-11)17-21-16(19)13-9-12(18)7-8-14(13)22(10)17/h2-9H,1H3. The van der Waals surface area contributed by atoms with E-state index in [4.69, 9.17) is 16.6 Å². The average Bonchev–Trinajstić information content (AvgIpc) is 2.85. The molecule has 0 fully saturated rings. The number of halogens is 2. The van der Waals surface area contributed by atoms with Crippen LogP contribution in [-0.4, -0.2) is 14.4 Å². The first-order chi connectivity index (χ1) is 10.6. The smallest absolute Gasteiger partial charge is 0.167 e. The van der Waals surface area contributed by atoms with Crippen molar-refractivity contribution in [3.63, 3.8) is 0 Å². The van der Waals surface area contributed by atoms with Gasteiger partial charge in [0.2, 0.25) is 0 Å². The van der Waals surface area contributed by atoms with Gasteiger partial charge < -0.3 is 0 Å². The first kappa shape index (κ1) is 13.7. The lowest BCUT2D eigenvalue weighted by molar-refractivity contribution is 1.07. The molecule has 2 aromatic carbocycles.